The van der Waals surface area contributed by atoms with Gasteiger partial charge in [-0.15, -0.1) is 0 Å². The van der Waals surface area contributed by atoms with Gasteiger partial charge in [-0.05, 0) is 81.6 Å². The Bertz CT molecular complexity index is 506. The first-order chi connectivity index (χ1) is 10.9. The summed E-state index contributed by atoms with van der Waals surface area (Å²) in [6.45, 7) is 6.44. The molecule has 0 amide bonds. The van der Waals surface area contributed by atoms with Crippen LogP contribution >= 0.6 is 0 Å². The molecule has 2 heteroatoms. The molecule has 1 spiro atoms. The molecular formula is C20H30N2. The van der Waals surface area contributed by atoms with E-state index < -0.39 is 0 Å². The predicted octanol–water partition coefficient (Wildman–Crippen LogP) is 3.36. The van der Waals surface area contributed by atoms with E-state index in [0.29, 0.717) is 5.41 Å². The van der Waals surface area contributed by atoms with Crippen molar-refractivity contribution in [2.75, 3.05) is 32.7 Å². The first kappa shape index (κ1) is 14.7. The number of nitrogens with zero attached hydrogens (tertiary/aromatic N) is 1. The van der Waals surface area contributed by atoms with Gasteiger partial charge in [0.1, 0.15) is 0 Å². The molecule has 1 atom stereocenters. The third kappa shape index (κ3) is 2.83. The van der Waals surface area contributed by atoms with Gasteiger partial charge in [0.05, 0.1) is 0 Å². The number of benzene rings is 1. The van der Waals surface area contributed by atoms with Crippen LogP contribution in [0.5, 0.6) is 0 Å². The van der Waals surface area contributed by atoms with Gasteiger partial charge in [0.15, 0.2) is 0 Å². The Kier molecular flexibility index (Phi) is 4.23. The molecule has 1 aliphatic carbocycles. The Morgan fingerprint density at radius 1 is 1.09 bits per heavy atom. The molecule has 2 nitrogen and oxygen atoms in total. The van der Waals surface area contributed by atoms with Crippen molar-refractivity contribution in [1.29, 1.82) is 0 Å². The van der Waals surface area contributed by atoms with E-state index in [0.717, 1.165) is 5.92 Å². The van der Waals surface area contributed by atoms with Crippen LogP contribution < -0.4 is 5.32 Å². The van der Waals surface area contributed by atoms with Crippen LogP contribution in [0.3, 0.4) is 0 Å². The van der Waals surface area contributed by atoms with E-state index in [-0.39, 0.29) is 0 Å². The highest BCUT2D eigenvalue weighted by atomic mass is 15.1. The van der Waals surface area contributed by atoms with Gasteiger partial charge in [-0.1, -0.05) is 24.3 Å². The number of rotatable bonds is 2. The second kappa shape index (κ2) is 6.33. The lowest BCUT2D eigenvalue weighted by Crippen LogP contribution is -2.49. The number of likely N-dealkylation sites (tertiary alicyclic amines) is 1. The Morgan fingerprint density at radius 2 is 1.91 bits per heavy atom. The zero-order chi connectivity index (χ0) is 14.8. The van der Waals surface area contributed by atoms with E-state index in [1.807, 2.05) is 0 Å². The van der Waals surface area contributed by atoms with Crippen molar-refractivity contribution < 1.29 is 0 Å². The molecule has 22 heavy (non-hydrogen) atoms. The molecule has 1 aromatic carbocycles. The summed E-state index contributed by atoms with van der Waals surface area (Å²) in [6, 6.07) is 9.30. The lowest BCUT2D eigenvalue weighted by molar-refractivity contribution is 0.108. The topological polar surface area (TPSA) is 15.3 Å². The number of nitrogens with one attached hydrogen (secondary N) is 1. The summed E-state index contributed by atoms with van der Waals surface area (Å²) in [4.78, 5) is 2.81. The second-order valence-corrected chi connectivity index (χ2v) is 7.82. The first-order valence-electron chi connectivity index (χ1n) is 9.37. The van der Waals surface area contributed by atoms with Crippen molar-refractivity contribution in [2.45, 2.75) is 50.4 Å². The van der Waals surface area contributed by atoms with Crippen LogP contribution in [0.1, 0.15) is 49.7 Å². The molecule has 0 aromatic heterocycles. The highest BCUT2D eigenvalue weighted by molar-refractivity contribution is 5.37. The van der Waals surface area contributed by atoms with Gasteiger partial charge in [0, 0.05) is 18.5 Å². The fraction of sp³-hybridized carbons (Fsp3) is 0.700. The average Bonchev–Trinajstić information content (AvgIpc) is 2.57. The molecule has 2 fully saturated rings. The van der Waals surface area contributed by atoms with Gasteiger partial charge >= 0.3 is 0 Å². The molecule has 0 saturated carbocycles. The van der Waals surface area contributed by atoms with Crippen LogP contribution in [-0.2, 0) is 11.8 Å². The smallest absolute Gasteiger partial charge is 0.00836 e. The van der Waals surface area contributed by atoms with Crippen molar-refractivity contribution >= 4 is 0 Å². The summed E-state index contributed by atoms with van der Waals surface area (Å²) in [5, 5.41) is 3.50. The molecule has 2 aliphatic heterocycles. The van der Waals surface area contributed by atoms with Crippen molar-refractivity contribution in [3.05, 3.63) is 35.4 Å². The number of hydrogen-bond donors (Lipinski definition) is 1. The first-order valence-corrected chi connectivity index (χ1v) is 9.37. The van der Waals surface area contributed by atoms with Crippen LogP contribution in [0.25, 0.3) is 0 Å². The van der Waals surface area contributed by atoms with Crippen molar-refractivity contribution in [1.82, 2.24) is 10.2 Å². The van der Waals surface area contributed by atoms with Crippen molar-refractivity contribution in [3.8, 4) is 0 Å². The quantitative estimate of drug-likeness (QED) is 0.900. The number of aryl methyl sites for hydroxylation is 1. The lowest BCUT2D eigenvalue weighted by atomic mass is 9.66. The number of piperidine rings is 2. The summed E-state index contributed by atoms with van der Waals surface area (Å²) in [5.74, 6) is 0.926. The van der Waals surface area contributed by atoms with Crippen LogP contribution in [0.4, 0.5) is 0 Å². The molecule has 0 bridgehead atoms. The summed E-state index contributed by atoms with van der Waals surface area (Å²) >= 11 is 0. The average molecular weight is 298 g/mol. The van der Waals surface area contributed by atoms with Gasteiger partial charge in [-0.3, -0.25) is 0 Å². The number of hydrogen-bond acceptors (Lipinski definition) is 2. The molecule has 1 N–H and O–H groups in total. The Morgan fingerprint density at radius 3 is 2.82 bits per heavy atom. The predicted molar refractivity (Wildman–Crippen MR) is 92.3 cm³/mol. The summed E-state index contributed by atoms with van der Waals surface area (Å²) < 4.78 is 0. The maximum Gasteiger partial charge on any atom is 0.00836 e. The fourth-order valence-corrected chi connectivity index (χ4v) is 5.24. The molecule has 3 aliphatic rings. The van der Waals surface area contributed by atoms with E-state index in [9.17, 15) is 0 Å². The van der Waals surface area contributed by atoms with E-state index in [2.05, 4.69) is 34.5 Å². The van der Waals surface area contributed by atoms with E-state index in [1.54, 1.807) is 11.1 Å². The highest BCUT2D eigenvalue weighted by Crippen LogP contribution is 2.43. The minimum atomic E-state index is 0.472. The monoisotopic (exact) mass is 298 g/mol. The van der Waals surface area contributed by atoms with Gasteiger partial charge < -0.3 is 10.2 Å². The van der Waals surface area contributed by atoms with Crippen LogP contribution in [0, 0.1) is 5.92 Å². The Labute approximate surface area is 135 Å². The SMILES string of the molecule is c1ccc2c(c1)CCCC21CCCN(CC2CCNCC2)C1. The van der Waals surface area contributed by atoms with Crippen LogP contribution in [0.2, 0.25) is 0 Å². The second-order valence-electron chi connectivity index (χ2n) is 7.82. The largest absolute Gasteiger partial charge is 0.317 e. The Balaban J connectivity index is 1.51. The third-order valence-electron chi connectivity index (χ3n) is 6.32. The maximum atomic E-state index is 3.50. The van der Waals surface area contributed by atoms with Crippen LogP contribution in [-0.4, -0.2) is 37.6 Å². The molecule has 2 saturated heterocycles. The van der Waals surface area contributed by atoms with E-state index in [4.69, 9.17) is 0 Å². The Hall–Kier alpha value is -0.860. The van der Waals surface area contributed by atoms with Gasteiger partial charge in [-0.25, -0.2) is 0 Å². The summed E-state index contributed by atoms with van der Waals surface area (Å²) in [5.41, 5.74) is 3.80. The normalized spacial score (nSPS) is 30.4. The van der Waals surface area contributed by atoms with E-state index >= 15 is 0 Å². The maximum absolute atomic E-state index is 3.50. The third-order valence-corrected chi connectivity index (χ3v) is 6.32. The molecule has 0 radical (unpaired) electrons. The van der Waals surface area contributed by atoms with Crippen LogP contribution in [0.15, 0.2) is 24.3 Å². The molecular weight excluding hydrogens is 268 g/mol. The van der Waals surface area contributed by atoms with Crippen molar-refractivity contribution in [3.63, 3.8) is 0 Å². The standard InChI is InChI=1S/C20H30N2/c1-2-7-19-18(5-1)6-3-10-20(19)11-4-14-22(16-20)15-17-8-12-21-13-9-17/h1-2,5,7,17,21H,3-4,6,8-16H2. The zero-order valence-electron chi connectivity index (χ0n) is 13.8. The number of fused-ring (bicyclic) bond motifs is 2. The van der Waals surface area contributed by atoms with Gasteiger partial charge in [0.25, 0.3) is 0 Å². The molecule has 1 aromatic rings. The van der Waals surface area contributed by atoms with Crippen molar-refractivity contribution in [2.24, 2.45) is 5.92 Å². The lowest BCUT2D eigenvalue weighted by Gasteiger charge is -2.47. The van der Waals surface area contributed by atoms with Gasteiger partial charge in [-0.2, -0.15) is 0 Å². The molecule has 2 heterocycles. The zero-order valence-corrected chi connectivity index (χ0v) is 13.8. The molecule has 1 unspecified atom stereocenters. The minimum absolute atomic E-state index is 0.472. The fourth-order valence-electron chi connectivity index (χ4n) is 5.24. The molecule has 120 valence electrons. The summed E-state index contributed by atoms with van der Waals surface area (Å²) in [7, 11) is 0. The molecule has 4 rings (SSSR count). The van der Waals surface area contributed by atoms with E-state index in [1.165, 1.54) is 77.7 Å². The highest BCUT2D eigenvalue weighted by Gasteiger charge is 2.40. The van der Waals surface area contributed by atoms with Gasteiger partial charge in [0.2, 0.25) is 0 Å². The summed E-state index contributed by atoms with van der Waals surface area (Å²) in [6.07, 6.45) is 9.64. The minimum Gasteiger partial charge on any atom is -0.317 e.